The maximum atomic E-state index is 12.1. The van der Waals surface area contributed by atoms with Gasteiger partial charge >= 0.3 is 0 Å². The number of amides is 1. The van der Waals surface area contributed by atoms with E-state index in [-0.39, 0.29) is 5.92 Å². The lowest BCUT2D eigenvalue weighted by atomic mass is 10.0. The minimum Gasteiger partial charge on any atom is -0.377 e. The summed E-state index contributed by atoms with van der Waals surface area (Å²) in [6, 6.07) is 0.753. The summed E-state index contributed by atoms with van der Waals surface area (Å²) in [6.45, 7) is 7.25. The smallest absolute Gasteiger partial charge is 0.228 e. The first-order chi connectivity index (χ1) is 7.86. The van der Waals surface area contributed by atoms with Crippen molar-refractivity contribution >= 4 is 5.91 Å². The van der Waals surface area contributed by atoms with Gasteiger partial charge in [0.05, 0.1) is 31.2 Å². The minimum absolute atomic E-state index is 0.246. The van der Waals surface area contributed by atoms with Gasteiger partial charge < -0.3 is 15.0 Å². The Morgan fingerprint density at radius 2 is 1.75 bits per heavy atom. The number of hydrogen-bond donors (Lipinski definition) is 1. The Hall–Kier alpha value is -0.610. The Morgan fingerprint density at radius 1 is 1.19 bits per heavy atom. The molecular formula is C12H22N2O2. The van der Waals surface area contributed by atoms with Gasteiger partial charge in [-0.05, 0) is 12.8 Å². The number of nitrogens with zero attached hydrogens (tertiary/aromatic N) is 1. The third-order valence-corrected chi connectivity index (χ3v) is 3.63. The zero-order valence-electron chi connectivity index (χ0n) is 10.2. The molecule has 0 aromatic carbocycles. The number of carbonyl (C=O) groups is 1. The molecule has 1 N–H and O–H groups in total. The normalized spacial score (nSPS) is 32.8. The highest BCUT2D eigenvalue weighted by Crippen LogP contribution is 2.30. The van der Waals surface area contributed by atoms with Crippen LogP contribution in [0.25, 0.3) is 0 Å². The molecule has 1 amide bonds. The van der Waals surface area contributed by atoms with Crippen LogP contribution >= 0.6 is 0 Å². The molecule has 16 heavy (non-hydrogen) atoms. The first-order valence-electron chi connectivity index (χ1n) is 6.47. The highest BCUT2D eigenvalue weighted by atomic mass is 16.5. The molecule has 0 aromatic rings. The van der Waals surface area contributed by atoms with Crippen molar-refractivity contribution in [3.8, 4) is 0 Å². The molecule has 0 aromatic heterocycles. The monoisotopic (exact) mass is 226 g/mol. The van der Waals surface area contributed by atoms with E-state index in [2.05, 4.69) is 10.2 Å². The van der Waals surface area contributed by atoms with Gasteiger partial charge in [-0.25, -0.2) is 0 Å². The number of ether oxygens (including phenoxy) is 1. The molecule has 3 aliphatic rings. The summed E-state index contributed by atoms with van der Waals surface area (Å²) in [5.74, 6) is 0.607. The molecule has 3 saturated heterocycles. The highest BCUT2D eigenvalue weighted by Gasteiger charge is 2.43. The molecule has 92 valence electrons. The second-order valence-electron chi connectivity index (χ2n) is 4.52. The van der Waals surface area contributed by atoms with Crippen LogP contribution in [0, 0.1) is 5.92 Å². The second-order valence-corrected chi connectivity index (χ2v) is 4.52. The molecule has 4 heteroatoms. The molecule has 3 fully saturated rings. The molecule has 3 rings (SSSR count). The summed E-state index contributed by atoms with van der Waals surface area (Å²) in [4.78, 5) is 14.2. The van der Waals surface area contributed by atoms with Gasteiger partial charge in [-0.1, -0.05) is 13.8 Å². The van der Waals surface area contributed by atoms with Crippen molar-refractivity contribution in [2.24, 2.45) is 5.92 Å². The van der Waals surface area contributed by atoms with E-state index in [9.17, 15) is 4.79 Å². The molecule has 3 heterocycles. The standard InChI is InChI=1S/C10H16N2O2.C2H6/c13-10(7-3-11-4-7)12-8-1-2-9(12)6-14-5-8;1-2/h7-9,11H,1-6H2;1-2H3. The van der Waals surface area contributed by atoms with Gasteiger partial charge in [-0.3, -0.25) is 4.79 Å². The molecule has 0 spiro atoms. The van der Waals surface area contributed by atoms with Gasteiger partial charge in [0, 0.05) is 13.1 Å². The SMILES string of the molecule is CC.O=C(C1CNC1)N1C2CCC1COC2. The van der Waals surface area contributed by atoms with Gasteiger partial charge in [0.1, 0.15) is 0 Å². The third-order valence-electron chi connectivity index (χ3n) is 3.63. The lowest BCUT2D eigenvalue weighted by molar-refractivity contribution is -0.147. The van der Waals surface area contributed by atoms with Crippen molar-refractivity contribution in [1.29, 1.82) is 0 Å². The van der Waals surface area contributed by atoms with Crippen LogP contribution in [-0.4, -0.2) is 49.2 Å². The van der Waals surface area contributed by atoms with E-state index < -0.39 is 0 Å². The fourth-order valence-corrected chi connectivity index (χ4v) is 2.66. The van der Waals surface area contributed by atoms with E-state index in [4.69, 9.17) is 4.74 Å². The van der Waals surface area contributed by atoms with Crippen LogP contribution in [-0.2, 0) is 9.53 Å². The van der Waals surface area contributed by atoms with E-state index in [1.807, 2.05) is 13.8 Å². The van der Waals surface area contributed by atoms with Crippen LogP contribution in [0.3, 0.4) is 0 Å². The van der Waals surface area contributed by atoms with Gasteiger partial charge in [-0.2, -0.15) is 0 Å². The molecule has 0 radical (unpaired) electrons. The second kappa shape index (κ2) is 5.15. The molecule has 0 saturated carbocycles. The average Bonchev–Trinajstić information content (AvgIpc) is 2.49. The number of morpholine rings is 1. The maximum Gasteiger partial charge on any atom is 0.228 e. The van der Waals surface area contributed by atoms with Gasteiger partial charge in [0.2, 0.25) is 5.91 Å². The molecule has 2 unspecified atom stereocenters. The van der Waals surface area contributed by atoms with E-state index in [0.717, 1.165) is 39.1 Å². The Labute approximate surface area is 97.3 Å². The molecule has 2 bridgehead atoms. The van der Waals surface area contributed by atoms with Crippen LogP contribution in [0.15, 0.2) is 0 Å². The van der Waals surface area contributed by atoms with Crippen molar-refractivity contribution < 1.29 is 9.53 Å². The maximum absolute atomic E-state index is 12.1. The lowest BCUT2D eigenvalue weighted by Crippen LogP contribution is -2.57. The van der Waals surface area contributed by atoms with Gasteiger partial charge in [0.25, 0.3) is 0 Å². The van der Waals surface area contributed by atoms with E-state index in [0.29, 0.717) is 18.0 Å². The zero-order chi connectivity index (χ0) is 11.5. The first kappa shape index (κ1) is 11.9. The largest absolute Gasteiger partial charge is 0.377 e. The number of fused-ring (bicyclic) bond motifs is 2. The Kier molecular flexibility index (Phi) is 3.82. The summed E-state index contributed by atoms with van der Waals surface area (Å²) in [7, 11) is 0. The lowest BCUT2D eigenvalue weighted by Gasteiger charge is -2.39. The molecule has 0 aliphatic carbocycles. The fraction of sp³-hybridized carbons (Fsp3) is 0.917. The van der Waals surface area contributed by atoms with Crippen LogP contribution in [0.4, 0.5) is 0 Å². The summed E-state index contributed by atoms with van der Waals surface area (Å²) in [5.41, 5.74) is 0. The first-order valence-corrected chi connectivity index (χ1v) is 6.47. The summed E-state index contributed by atoms with van der Waals surface area (Å²) in [6.07, 6.45) is 2.27. The summed E-state index contributed by atoms with van der Waals surface area (Å²) >= 11 is 0. The molecule has 2 atom stereocenters. The van der Waals surface area contributed by atoms with Crippen molar-refractivity contribution in [3.05, 3.63) is 0 Å². The number of rotatable bonds is 1. The molecular weight excluding hydrogens is 204 g/mol. The predicted molar refractivity (Wildman–Crippen MR) is 62.2 cm³/mol. The van der Waals surface area contributed by atoms with Gasteiger partial charge in [-0.15, -0.1) is 0 Å². The predicted octanol–water partition coefficient (Wildman–Crippen LogP) is 0.622. The Bertz CT molecular complexity index is 237. The topological polar surface area (TPSA) is 41.6 Å². The van der Waals surface area contributed by atoms with Crippen LogP contribution in [0.5, 0.6) is 0 Å². The average molecular weight is 226 g/mol. The summed E-state index contributed by atoms with van der Waals surface area (Å²) in [5, 5.41) is 3.15. The molecule has 3 aliphatic heterocycles. The van der Waals surface area contributed by atoms with E-state index in [1.165, 1.54) is 0 Å². The Balaban J connectivity index is 0.000000457. The number of carbonyl (C=O) groups excluding carboxylic acids is 1. The zero-order valence-corrected chi connectivity index (χ0v) is 10.2. The van der Waals surface area contributed by atoms with E-state index in [1.54, 1.807) is 0 Å². The third kappa shape index (κ3) is 1.96. The van der Waals surface area contributed by atoms with Crippen LogP contribution in [0.2, 0.25) is 0 Å². The summed E-state index contributed by atoms with van der Waals surface area (Å²) < 4.78 is 5.46. The fourth-order valence-electron chi connectivity index (χ4n) is 2.66. The van der Waals surface area contributed by atoms with E-state index >= 15 is 0 Å². The van der Waals surface area contributed by atoms with Crippen molar-refractivity contribution in [3.63, 3.8) is 0 Å². The van der Waals surface area contributed by atoms with Crippen molar-refractivity contribution in [2.75, 3.05) is 26.3 Å². The van der Waals surface area contributed by atoms with Crippen molar-refractivity contribution in [1.82, 2.24) is 10.2 Å². The Morgan fingerprint density at radius 3 is 2.19 bits per heavy atom. The van der Waals surface area contributed by atoms with Crippen molar-refractivity contribution in [2.45, 2.75) is 38.8 Å². The van der Waals surface area contributed by atoms with Gasteiger partial charge in [0.15, 0.2) is 0 Å². The minimum atomic E-state index is 0.246. The van der Waals surface area contributed by atoms with Crippen LogP contribution in [0.1, 0.15) is 26.7 Å². The number of hydrogen-bond acceptors (Lipinski definition) is 3. The van der Waals surface area contributed by atoms with Crippen LogP contribution < -0.4 is 5.32 Å². The highest BCUT2D eigenvalue weighted by molar-refractivity contribution is 5.81. The molecule has 4 nitrogen and oxygen atoms in total. The number of nitrogens with one attached hydrogen (secondary N) is 1. The quantitative estimate of drug-likeness (QED) is 0.713.